The summed E-state index contributed by atoms with van der Waals surface area (Å²) < 4.78 is 59.0. The first-order valence-corrected chi connectivity index (χ1v) is 15.8. The zero-order valence-electron chi connectivity index (χ0n) is 23.0. The number of piperazine rings is 1. The molecule has 4 aromatic rings. The van der Waals surface area contributed by atoms with E-state index in [9.17, 15) is 26.8 Å². The predicted octanol–water partition coefficient (Wildman–Crippen LogP) is 4.25. The second-order valence-electron chi connectivity index (χ2n) is 9.53. The normalized spacial score (nSPS) is 14.0. The van der Waals surface area contributed by atoms with Crippen LogP contribution in [0.1, 0.15) is 6.92 Å². The number of carbonyl (C=O) groups excluding carboxylic acids is 2. The lowest BCUT2D eigenvalue weighted by Crippen LogP contribution is -2.48. The van der Waals surface area contributed by atoms with Crippen LogP contribution in [0, 0.1) is 11.6 Å². The number of pyridine rings is 1. The van der Waals surface area contributed by atoms with Crippen LogP contribution in [0.4, 0.5) is 14.6 Å². The SMILES string of the molecule is COc1ncc(-c2ccc3ncnc(N4CCN(C(=O)/C=C/C(C)=O)CC4)c3c2)cc1SS(=O)(=O)c1ccc(F)cc1F. The van der Waals surface area contributed by atoms with Crippen LogP contribution in [0.25, 0.3) is 22.0 Å². The van der Waals surface area contributed by atoms with E-state index in [1.54, 1.807) is 11.0 Å². The third kappa shape index (κ3) is 6.65. The van der Waals surface area contributed by atoms with Crippen LogP contribution in [0.5, 0.6) is 5.88 Å². The van der Waals surface area contributed by atoms with E-state index in [0.717, 1.165) is 17.5 Å². The average Bonchev–Trinajstić information content (AvgIpc) is 2.99. The van der Waals surface area contributed by atoms with Gasteiger partial charge < -0.3 is 14.5 Å². The molecule has 1 saturated heterocycles. The van der Waals surface area contributed by atoms with Crippen LogP contribution in [0.3, 0.4) is 0 Å². The first kappa shape index (κ1) is 30.0. The number of amides is 1. The molecule has 2 aromatic carbocycles. The van der Waals surface area contributed by atoms with E-state index < -0.39 is 25.4 Å². The van der Waals surface area contributed by atoms with Gasteiger partial charge in [0.05, 0.1) is 17.5 Å². The maximum atomic E-state index is 14.3. The molecule has 5 rings (SSSR count). The van der Waals surface area contributed by atoms with Gasteiger partial charge in [-0.1, -0.05) is 6.07 Å². The Hall–Kier alpha value is -4.43. The molecule has 1 aliphatic rings. The molecule has 222 valence electrons. The zero-order valence-corrected chi connectivity index (χ0v) is 24.7. The third-order valence-corrected chi connectivity index (χ3v) is 9.97. The molecule has 14 heteroatoms. The van der Waals surface area contributed by atoms with Crippen LogP contribution in [0.2, 0.25) is 0 Å². The second kappa shape index (κ2) is 12.4. The number of methoxy groups -OCH3 is 1. The summed E-state index contributed by atoms with van der Waals surface area (Å²) in [5.74, 6) is -1.82. The summed E-state index contributed by atoms with van der Waals surface area (Å²) in [6, 6.07) is 9.31. The number of anilines is 1. The van der Waals surface area contributed by atoms with E-state index in [-0.39, 0.29) is 22.5 Å². The van der Waals surface area contributed by atoms with Crippen molar-refractivity contribution in [1.82, 2.24) is 19.9 Å². The van der Waals surface area contributed by atoms with Gasteiger partial charge in [-0.05, 0) is 48.9 Å². The molecule has 0 N–H and O–H groups in total. The molecule has 0 aliphatic carbocycles. The maximum Gasteiger partial charge on any atom is 0.246 e. The molecule has 0 radical (unpaired) electrons. The molecule has 0 bridgehead atoms. The number of benzene rings is 2. The molecule has 3 heterocycles. The van der Waals surface area contributed by atoms with Gasteiger partial charge in [-0.2, -0.15) is 0 Å². The minimum Gasteiger partial charge on any atom is -0.480 e. The zero-order chi connectivity index (χ0) is 30.7. The minimum atomic E-state index is -4.29. The third-order valence-electron chi connectivity index (χ3n) is 6.67. The largest absolute Gasteiger partial charge is 0.480 e. The number of rotatable bonds is 8. The lowest BCUT2D eigenvalue weighted by atomic mass is 10.0. The number of nitrogens with zero attached hydrogens (tertiary/aromatic N) is 5. The molecule has 1 fully saturated rings. The smallest absolute Gasteiger partial charge is 0.246 e. The number of allylic oxidation sites excluding steroid dienone is 1. The van der Waals surface area contributed by atoms with E-state index >= 15 is 0 Å². The number of fused-ring (bicyclic) bond motifs is 1. The fourth-order valence-electron chi connectivity index (χ4n) is 4.55. The predicted molar refractivity (Wildman–Crippen MR) is 157 cm³/mol. The Morgan fingerprint density at radius 2 is 1.72 bits per heavy atom. The Morgan fingerprint density at radius 3 is 2.42 bits per heavy atom. The van der Waals surface area contributed by atoms with Crippen molar-refractivity contribution in [2.24, 2.45) is 0 Å². The van der Waals surface area contributed by atoms with Gasteiger partial charge in [0, 0.05) is 66.3 Å². The number of ketones is 1. The van der Waals surface area contributed by atoms with E-state index in [1.807, 2.05) is 23.1 Å². The number of hydrogen-bond donors (Lipinski definition) is 0. The minimum absolute atomic E-state index is 0.0234. The van der Waals surface area contributed by atoms with Crippen molar-refractivity contribution in [2.45, 2.75) is 16.7 Å². The van der Waals surface area contributed by atoms with Crippen molar-refractivity contribution in [3.8, 4) is 17.0 Å². The van der Waals surface area contributed by atoms with Gasteiger partial charge in [0.15, 0.2) is 5.78 Å². The van der Waals surface area contributed by atoms with E-state index in [1.165, 1.54) is 38.7 Å². The lowest BCUT2D eigenvalue weighted by molar-refractivity contribution is -0.126. The molecule has 43 heavy (non-hydrogen) atoms. The van der Waals surface area contributed by atoms with Crippen molar-refractivity contribution in [2.75, 3.05) is 38.2 Å². The molecule has 0 unspecified atom stereocenters. The van der Waals surface area contributed by atoms with Crippen LogP contribution in [-0.2, 0) is 18.5 Å². The van der Waals surface area contributed by atoms with Crippen molar-refractivity contribution < 1.29 is 31.5 Å². The highest BCUT2D eigenvalue weighted by molar-refractivity contribution is 8.72. The van der Waals surface area contributed by atoms with Gasteiger partial charge in [0.25, 0.3) is 0 Å². The summed E-state index contributed by atoms with van der Waals surface area (Å²) in [4.78, 5) is 39.9. The fraction of sp³-hybridized carbons (Fsp3) is 0.207. The summed E-state index contributed by atoms with van der Waals surface area (Å²) in [6.07, 6.45) is 5.52. The van der Waals surface area contributed by atoms with Gasteiger partial charge in [0.2, 0.25) is 20.7 Å². The first-order chi connectivity index (χ1) is 20.6. The van der Waals surface area contributed by atoms with Gasteiger partial charge >= 0.3 is 0 Å². The van der Waals surface area contributed by atoms with Gasteiger partial charge in [-0.25, -0.2) is 32.2 Å². The number of hydrogen-bond acceptors (Lipinski definition) is 10. The standard InChI is InChI=1S/C29H25F2N5O5S2/c1-18(37)3-8-27(38)35-9-11-36(12-10-35)28-22-13-19(4-6-24(22)33-17-34-28)20-14-25(29(41-2)32-16-20)42-43(39,40)26-7-5-21(30)15-23(26)31/h3-8,13-17H,9-12H2,1-2H3/b8-3+. The summed E-state index contributed by atoms with van der Waals surface area (Å²) in [7, 11) is -2.60. The summed E-state index contributed by atoms with van der Waals surface area (Å²) in [5, 5.41) is 0.738. The van der Waals surface area contributed by atoms with Crippen LogP contribution in [0.15, 0.2) is 76.9 Å². The highest BCUT2D eigenvalue weighted by Gasteiger charge is 2.25. The Bertz CT molecular complexity index is 1860. The Morgan fingerprint density at radius 1 is 0.953 bits per heavy atom. The molecule has 0 spiro atoms. The van der Waals surface area contributed by atoms with Crippen molar-refractivity contribution >= 4 is 48.1 Å². The number of carbonyl (C=O) groups is 2. The molecule has 1 aliphatic heterocycles. The summed E-state index contributed by atoms with van der Waals surface area (Å²) >= 11 is 0. The molecule has 1 amide bonds. The Kier molecular flexibility index (Phi) is 8.69. The van der Waals surface area contributed by atoms with Crippen LogP contribution in [-0.4, -0.2) is 73.2 Å². The molecule has 0 atom stereocenters. The summed E-state index contributed by atoms with van der Waals surface area (Å²) in [6.45, 7) is 3.29. The Labute approximate surface area is 249 Å². The monoisotopic (exact) mass is 625 g/mol. The van der Waals surface area contributed by atoms with E-state index in [0.29, 0.717) is 65.5 Å². The average molecular weight is 626 g/mol. The highest BCUT2D eigenvalue weighted by Crippen LogP contribution is 2.39. The van der Waals surface area contributed by atoms with Gasteiger partial charge in [-0.3, -0.25) is 9.59 Å². The molecule has 0 saturated carbocycles. The topological polar surface area (TPSA) is 123 Å². The van der Waals surface area contributed by atoms with E-state index in [2.05, 4.69) is 15.0 Å². The number of halogens is 2. The van der Waals surface area contributed by atoms with Crippen LogP contribution >= 0.6 is 10.8 Å². The quantitative estimate of drug-likeness (QED) is 0.207. The first-order valence-electron chi connectivity index (χ1n) is 13.0. The molecule has 2 aromatic heterocycles. The summed E-state index contributed by atoms with van der Waals surface area (Å²) in [5.41, 5.74) is 1.93. The van der Waals surface area contributed by atoms with Crippen molar-refractivity contribution in [3.63, 3.8) is 0 Å². The fourth-order valence-corrected chi connectivity index (χ4v) is 7.53. The van der Waals surface area contributed by atoms with Gasteiger partial charge in [0.1, 0.15) is 28.7 Å². The van der Waals surface area contributed by atoms with Crippen molar-refractivity contribution in [1.29, 1.82) is 0 Å². The molecule has 10 nitrogen and oxygen atoms in total. The Balaban J connectivity index is 1.43. The van der Waals surface area contributed by atoms with E-state index in [4.69, 9.17) is 4.74 Å². The van der Waals surface area contributed by atoms with Crippen LogP contribution < -0.4 is 9.64 Å². The number of aromatic nitrogens is 3. The maximum absolute atomic E-state index is 14.3. The lowest BCUT2D eigenvalue weighted by Gasteiger charge is -2.35. The van der Waals surface area contributed by atoms with Gasteiger partial charge in [-0.15, -0.1) is 0 Å². The second-order valence-corrected chi connectivity index (χ2v) is 13.3. The number of ether oxygens (including phenoxy) is 1. The highest BCUT2D eigenvalue weighted by atomic mass is 33.1. The molecular formula is C29H25F2N5O5S2. The molecular weight excluding hydrogens is 600 g/mol. The van der Waals surface area contributed by atoms with Crippen molar-refractivity contribution in [3.05, 3.63) is 78.8 Å².